The minimum atomic E-state index is -0.465. The first-order chi connectivity index (χ1) is 15.4. The first-order valence-electron chi connectivity index (χ1n) is 9.28. The summed E-state index contributed by atoms with van der Waals surface area (Å²) in [5.74, 6) is 0.0887. The smallest absolute Gasteiger partial charge is 0.307 e. The summed E-state index contributed by atoms with van der Waals surface area (Å²) in [5, 5.41) is 5.33. The van der Waals surface area contributed by atoms with Crippen molar-refractivity contribution in [3.8, 4) is 5.75 Å². The molecular weight excluding hydrogens is 661 g/mol. The monoisotopic (exact) mass is 674 g/mol. The highest BCUT2D eigenvalue weighted by molar-refractivity contribution is 14.1. The Balaban J connectivity index is 1.41. The second-order valence-corrected chi connectivity index (χ2v) is 9.49. The molecule has 0 radical (unpaired) electrons. The molecule has 0 aliphatic rings. The van der Waals surface area contributed by atoms with E-state index in [9.17, 15) is 9.18 Å². The zero-order valence-electron chi connectivity index (χ0n) is 16.2. The van der Waals surface area contributed by atoms with Gasteiger partial charge in [-0.2, -0.15) is 5.10 Å². The van der Waals surface area contributed by atoms with Crippen molar-refractivity contribution in [2.75, 3.05) is 0 Å². The number of halogens is 4. The number of fused-ring (bicyclic) bond motifs is 1. The fraction of sp³-hybridized carbons (Fsp3) is 0.0435. The third-order valence-corrected chi connectivity index (χ3v) is 6.21. The number of nitrogens with one attached hydrogen (secondary N) is 1. The molecule has 1 N–H and O–H groups in total. The first-order valence-corrected chi connectivity index (χ1v) is 11.8. The van der Waals surface area contributed by atoms with E-state index < -0.39 is 5.91 Å². The van der Waals surface area contributed by atoms with E-state index in [0.717, 1.165) is 23.7 Å². The molecule has 0 spiro atoms. The SMILES string of the molecule is O=C(N/N=C/c1cc(I)c(OCc2cccc(F)c2)c(I)c1)c1cc2cc(Cl)ccc2o1. The second-order valence-electron chi connectivity index (χ2n) is 6.72. The van der Waals surface area contributed by atoms with Gasteiger partial charge in [0.1, 0.15) is 23.8 Å². The highest BCUT2D eigenvalue weighted by atomic mass is 127. The number of rotatable bonds is 6. The summed E-state index contributed by atoms with van der Waals surface area (Å²) in [6.45, 7) is 0.260. The molecular formula is C23H14ClFI2N2O3. The van der Waals surface area contributed by atoms with Gasteiger partial charge in [0.15, 0.2) is 5.76 Å². The van der Waals surface area contributed by atoms with Gasteiger partial charge in [-0.25, -0.2) is 9.82 Å². The number of benzene rings is 3. The molecule has 0 unspecified atom stereocenters. The molecule has 4 rings (SSSR count). The minimum Gasteiger partial charge on any atom is -0.487 e. The number of furan rings is 1. The maximum atomic E-state index is 13.3. The fourth-order valence-corrected chi connectivity index (χ4v) is 5.23. The Bertz CT molecular complexity index is 1320. The Morgan fingerprint density at radius 2 is 1.91 bits per heavy atom. The van der Waals surface area contributed by atoms with Gasteiger partial charge >= 0.3 is 5.91 Å². The number of nitrogens with zero attached hydrogens (tertiary/aromatic N) is 1. The van der Waals surface area contributed by atoms with Crippen LogP contribution >= 0.6 is 56.8 Å². The lowest BCUT2D eigenvalue weighted by Gasteiger charge is -2.11. The van der Waals surface area contributed by atoms with Crippen LogP contribution < -0.4 is 10.2 Å². The van der Waals surface area contributed by atoms with Crippen LogP contribution in [0.5, 0.6) is 5.75 Å². The van der Waals surface area contributed by atoms with E-state index in [1.165, 1.54) is 18.3 Å². The predicted octanol–water partition coefficient (Wildman–Crippen LogP) is 6.78. The second kappa shape index (κ2) is 10.2. The normalized spacial score (nSPS) is 11.2. The number of hydrogen-bond donors (Lipinski definition) is 1. The van der Waals surface area contributed by atoms with Crippen molar-refractivity contribution < 1.29 is 18.3 Å². The lowest BCUT2D eigenvalue weighted by atomic mass is 10.2. The molecule has 9 heteroatoms. The Morgan fingerprint density at radius 3 is 2.66 bits per heavy atom. The molecule has 0 atom stereocenters. The van der Waals surface area contributed by atoms with Crippen LogP contribution in [0, 0.1) is 13.0 Å². The van der Waals surface area contributed by atoms with Gasteiger partial charge in [-0.3, -0.25) is 4.79 Å². The molecule has 162 valence electrons. The summed E-state index contributed by atoms with van der Waals surface area (Å²) in [6.07, 6.45) is 1.54. The average Bonchev–Trinajstić information content (AvgIpc) is 3.16. The minimum absolute atomic E-state index is 0.143. The third kappa shape index (κ3) is 5.59. The summed E-state index contributed by atoms with van der Waals surface area (Å²) in [5.41, 5.74) is 4.57. The van der Waals surface area contributed by atoms with Gasteiger partial charge in [0.05, 0.1) is 13.4 Å². The molecule has 1 amide bonds. The summed E-state index contributed by atoms with van der Waals surface area (Å²) >= 11 is 10.3. The fourth-order valence-electron chi connectivity index (χ4n) is 2.92. The van der Waals surface area contributed by atoms with E-state index in [0.29, 0.717) is 16.4 Å². The maximum absolute atomic E-state index is 13.3. The largest absolute Gasteiger partial charge is 0.487 e. The molecule has 1 aromatic heterocycles. The number of ether oxygens (including phenoxy) is 1. The number of carbonyl (C=O) groups excluding carboxylic acids is 1. The first kappa shape index (κ1) is 23.0. The van der Waals surface area contributed by atoms with E-state index in [1.807, 2.05) is 18.2 Å². The van der Waals surface area contributed by atoms with E-state index in [4.69, 9.17) is 20.8 Å². The van der Waals surface area contributed by atoms with Crippen LogP contribution in [0.25, 0.3) is 11.0 Å². The summed E-state index contributed by atoms with van der Waals surface area (Å²) < 4.78 is 26.5. The molecule has 3 aromatic carbocycles. The summed E-state index contributed by atoms with van der Waals surface area (Å²) in [7, 11) is 0. The maximum Gasteiger partial charge on any atom is 0.307 e. The Labute approximate surface area is 215 Å². The van der Waals surface area contributed by atoms with Crippen LogP contribution in [0.2, 0.25) is 5.02 Å². The number of hydrogen-bond acceptors (Lipinski definition) is 4. The van der Waals surface area contributed by atoms with Gasteiger partial charge in [0.2, 0.25) is 0 Å². The third-order valence-electron chi connectivity index (χ3n) is 4.37. The van der Waals surface area contributed by atoms with Crippen molar-refractivity contribution in [3.63, 3.8) is 0 Å². The van der Waals surface area contributed by atoms with E-state index in [-0.39, 0.29) is 18.2 Å². The van der Waals surface area contributed by atoms with Gasteiger partial charge in [-0.05, 0) is 105 Å². The highest BCUT2D eigenvalue weighted by Gasteiger charge is 2.12. The molecule has 0 aliphatic heterocycles. The van der Waals surface area contributed by atoms with Crippen molar-refractivity contribution in [1.29, 1.82) is 0 Å². The van der Waals surface area contributed by atoms with Gasteiger partial charge in [-0.15, -0.1) is 0 Å². The van der Waals surface area contributed by atoms with E-state index in [1.54, 1.807) is 30.3 Å². The molecule has 0 aliphatic carbocycles. The number of carbonyl (C=O) groups is 1. The topological polar surface area (TPSA) is 63.8 Å². The van der Waals surface area contributed by atoms with Crippen LogP contribution in [-0.2, 0) is 6.61 Å². The molecule has 32 heavy (non-hydrogen) atoms. The zero-order valence-corrected chi connectivity index (χ0v) is 21.3. The summed E-state index contributed by atoms with van der Waals surface area (Å²) in [6, 6.07) is 16.8. The van der Waals surface area contributed by atoms with Gasteiger partial charge in [-0.1, -0.05) is 23.7 Å². The van der Waals surface area contributed by atoms with Crippen LogP contribution in [0.4, 0.5) is 4.39 Å². The highest BCUT2D eigenvalue weighted by Crippen LogP contribution is 2.29. The average molecular weight is 675 g/mol. The predicted molar refractivity (Wildman–Crippen MR) is 139 cm³/mol. The van der Waals surface area contributed by atoms with Gasteiger partial charge in [0, 0.05) is 10.4 Å². The standard InChI is InChI=1S/C23H14ClFI2N2O3/c24-16-4-5-20-15(9-16)10-21(32-20)23(30)29-28-11-14-7-18(26)22(19(27)8-14)31-12-13-2-1-3-17(25)6-13/h1-11H,12H2,(H,29,30)/b28-11+. The van der Waals surface area contributed by atoms with Crippen molar-refractivity contribution in [2.45, 2.75) is 6.61 Å². The van der Waals surface area contributed by atoms with Crippen molar-refractivity contribution >= 4 is 79.9 Å². The van der Waals surface area contributed by atoms with E-state index in [2.05, 4.69) is 55.7 Å². The molecule has 4 aromatic rings. The zero-order chi connectivity index (χ0) is 22.7. The quantitative estimate of drug-likeness (QED) is 0.140. The molecule has 0 saturated carbocycles. The Kier molecular flexibility index (Phi) is 7.31. The lowest BCUT2D eigenvalue weighted by molar-refractivity contribution is 0.0929. The molecule has 0 fully saturated rings. The van der Waals surface area contributed by atoms with Gasteiger partial charge < -0.3 is 9.15 Å². The van der Waals surface area contributed by atoms with Crippen molar-refractivity contribution in [3.05, 3.63) is 95.5 Å². The molecule has 0 saturated heterocycles. The van der Waals surface area contributed by atoms with Crippen molar-refractivity contribution in [2.24, 2.45) is 5.10 Å². The lowest BCUT2D eigenvalue weighted by Crippen LogP contribution is -2.16. The Hall–Kier alpha value is -2.18. The van der Waals surface area contributed by atoms with Crippen LogP contribution in [0.1, 0.15) is 21.7 Å². The summed E-state index contributed by atoms with van der Waals surface area (Å²) in [4.78, 5) is 12.3. The van der Waals surface area contributed by atoms with Crippen LogP contribution in [-0.4, -0.2) is 12.1 Å². The van der Waals surface area contributed by atoms with Gasteiger partial charge in [0.25, 0.3) is 0 Å². The molecule has 5 nitrogen and oxygen atoms in total. The van der Waals surface area contributed by atoms with Crippen molar-refractivity contribution in [1.82, 2.24) is 5.43 Å². The van der Waals surface area contributed by atoms with Crippen LogP contribution in [0.15, 0.2) is 70.2 Å². The Morgan fingerprint density at radius 1 is 1.12 bits per heavy atom. The number of hydrazone groups is 1. The van der Waals surface area contributed by atoms with Crippen LogP contribution in [0.3, 0.4) is 0 Å². The van der Waals surface area contributed by atoms with E-state index >= 15 is 0 Å². The molecule has 1 heterocycles. The molecule has 0 bridgehead atoms. The number of amides is 1.